The van der Waals surface area contributed by atoms with Crippen LogP contribution in [0.25, 0.3) is 28.0 Å². The van der Waals surface area contributed by atoms with Crippen molar-refractivity contribution < 1.29 is 9.32 Å². The Bertz CT molecular complexity index is 1350. The predicted molar refractivity (Wildman–Crippen MR) is 110 cm³/mol. The number of fused-ring (bicyclic) bond motifs is 2. The van der Waals surface area contributed by atoms with Crippen molar-refractivity contribution >= 4 is 22.5 Å². The van der Waals surface area contributed by atoms with Crippen molar-refractivity contribution in [2.24, 2.45) is 0 Å². The number of carbonyl (C=O) groups is 1. The van der Waals surface area contributed by atoms with Gasteiger partial charge in [-0.15, -0.1) is 10.2 Å². The zero-order chi connectivity index (χ0) is 20.5. The highest BCUT2D eigenvalue weighted by atomic mass is 16.5. The van der Waals surface area contributed by atoms with Crippen LogP contribution in [0, 0.1) is 0 Å². The molecule has 150 valence electrons. The van der Waals surface area contributed by atoms with Crippen molar-refractivity contribution in [1.29, 1.82) is 0 Å². The van der Waals surface area contributed by atoms with Gasteiger partial charge in [-0.2, -0.15) is 4.98 Å². The maximum absolute atomic E-state index is 12.7. The average Bonchev–Trinajstić information content (AvgIpc) is 3.51. The number of nitrogens with zero attached hydrogens (tertiary/aromatic N) is 5. The van der Waals surface area contributed by atoms with Gasteiger partial charge < -0.3 is 14.8 Å². The Balaban J connectivity index is 1.40. The highest BCUT2D eigenvalue weighted by Gasteiger charge is 2.17. The average molecular weight is 401 g/mol. The first-order chi connectivity index (χ1) is 14.7. The number of aromatic amines is 1. The van der Waals surface area contributed by atoms with Gasteiger partial charge in [0.25, 0.3) is 11.8 Å². The molecular weight excluding hydrogens is 382 g/mol. The summed E-state index contributed by atoms with van der Waals surface area (Å²) in [5.41, 5.74) is 2.83. The van der Waals surface area contributed by atoms with Crippen LogP contribution in [0.1, 0.15) is 35.4 Å². The number of benzene rings is 1. The molecule has 0 aliphatic carbocycles. The number of amides is 1. The zero-order valence-electron chi connectivity index (χ0n) is 16.3. The summed E-state index contributed by atoms with van der Waals surface area (Å²) in [5.74, 6) is 1.51. The second-order valence-corrected chi connectivity index (χ2v) is 6.92. The first-order valence-corrected chi connectivity index (χ1v) is 9.74. The Hall–Kier alpha value is -4.01. The molecule has 0 aliphatic rings. The Kier molecular flexibility index (Phi) is 4.47. The van der Waals surface area contributed by atoms with E-state index in [1.165, 1.54) is 0 Å². The molecule has 4 heterocycles. The Morgan fingerprint density at radius 1 is 1.20 bits per heavy atom. The van der Waals surface area contributed by atoms with Gasteiger partial charge >= 0.3 is 0 Å². The first kappa shape index (κ1) is 18.0. The highest BCUT2D eigenvalue weighted by Crippen LogP contribution is 2.23. The molecule has 0 saturated carbocycles. The lowest BCUT2D eigenvalue weighted by molar-refractivity contribution is 0.0951. The number of nitrogens with one attached hydrogen (secondary N) is 2. The molecule has 4 aromatic heterocycles. The van der Waals surface area contributed by atoms with Crippen LogP contribution in [0.4, 0.5) is 0 Å². The van der Waals surface area contributed by atoms with E-state index in [1.807, 2.05) is 47.1 Å². The van der Waals surface area contributed by atoms with E-state index >= 15 is 0 Å². The monoisotopic (exact) mass is 401 g/mol. The van der Waals surface area contributed by atoms with Crippen LogP contribution >= 0.6 is 0 Å². The van der Waals surface area contributed by atoms with Gasteiger partial charge in [0.1, 0.15) is 0 Å². The molecule has 9 heteroatoms. The van der Waals surface area contributed by atoms with Crippen molar-refractivity contribution in [3.05, 3.63) is 66.0 Å². The summed E-state index contributed by atoms with van der Waals surface area (Å²) in [6, 6.07) is 11.2. The molecule has 0 unspecified atom stereocenters. The molecule has 9 nitrogen and oxygen atoms in total. The maximum atomic E-state index is 12.7. The summed E-state index contributed by atoms with van der Waals surface area (Å²) < 4.78 is 7.21. The number of carbonyl (C=O) groups excluding carboxylic acids is 1. The lowest BCUT2D eigenvalue weighted by atomic mass is 10.1. The van der Waals surface area contributed by atoms with Crippen LogP contribution in [-0.2, 0) is 13.0 Å². The second-order valence-electron chi connectivity index (χ2n) is 6.92. The number of aryl methyl sites for hydroxylation is 1. The summed E-state index contributed by atoms with van der Waals surface area (Å²) in [6.07, 6.45) is 5.36. The minimum atomic E-state index is -0.172. The van der Waals surface area contributed by atoms with E-state index < -0.39 is 0 Å². The Morgan fingerprint density at radius 3 is 3.03 bits per heavy atom. The fourth-order valence-electron chi connectivity index (χ4n) is 3.48. The van der Waals surface area contributed by atoms with Gasteiger partial charge in [0, 0.05) is 35.3 Å². The van der Waals surface area contributed by atoms with Crippen molar-refractivity contribution in [2.45, 2.75) is 26.3 Å². The van der Waals surface area contributed by atoms with Crippen molar-refractivity contribution in [3.63, 3.8) is 0 Å². The van der Waals surface area contributed by atoms with Crippen LogP contribution in [0.3, 0.4) is 0 Å². The Labute approximate surface area is 171 Å². The zero-order valence-corrected chi connectivity index (χ0v) is 16.3. The standard InChI is InChI=1S/C21H19N7O2/c1-2-5-17-24-21(30-27-17)15-7-4-11-28-18(25-26-19(15)28)12-23-20(29)14-6-3-8-16-13(14)9-10-22-16/h3-4,6-11,22H,2,5,12H2,1H3,(H,23,29). The van der Waals surface area contributed by atoms with E-state index in [0.29, 0.717) is 34.3 Å². The highest BCUT2D eigenvalue weighted by molar-refractivity contribution is 6.06. The van der Waals surface area contributed by atoms with E-state index in [-0.39, 0.29) is 12.5 Å². The van der Waals surface area contributed by atoms with Gasteiger partial charge in [-0.05, 0) is 36.8 Å². The molecule has 0 radical (unpaired) electrons. The number of H-pyrrole nitrogens is 1. The van der Waals surface area contributed by atoms with E-state index in [4.69, 9.17) is 4.52 Å². The van der Waals surface area contributed by atoms with Gasteiger partial charge in [0.15, 0.2) is 17.3 Å². The molecule has 0 atom stereocenters. The van der Waals surface area contributed by atoms with Crippen molar-refractivity contribution in [1.82, 2.24) is 35.0 Å². The molecular formula is C21H19N7O2. The largest absolute Gasteiger partial charge is 0.361 e. The number of hydrogen-bond donors (Lipinski definition) is 2. The molecule has 30 heavy (non-hydrogen) atoms. The third-order valence-corrected chi connectivity index (χ3v) is 4.92. The smallest absolute Gasteiger partial charge is 0.261 e. The molecule has 0 spiro atoms. The summed E-state index contributed by atoms with van der Waals surface area (Å²) >= 11 is 0. The van der Waals surface area contributed by atoms with Crippen LogP contribution in [0.2, 0.25) is 0 Å². The second kappa shape index (κ2) is 7.43. The van der Waals surface area contributed by atoms with Crippen molar-refractivity contribution in [2.75, 3.05) is 0 Å². The van der Waals surface area contributed by atoms with E-state index in [2.05, 4.69) is 37.6 Å². The molecule has 0 fully saturated rings. The fourth-order valence-corrected chi connectivity index (χ4v) is 3.48. The lowest BCUT2D eigenvalue weighted by Gasteiger charge is -2.06. The number of rotatable bonds is 6. The molecule has 1 aromatic carbocycles. The van der Waals surface area contributed by atoms with Gasteiger partial charge in [-0.3, -0.25) is 9.20 Å². The summed E-state index contributed by atoms with van der Waals surface area (Å²) in [6.45, 7) is 2.29. The van der Waals surface area contributed by atoms with Gasteiger partial charge in [0.05, 0.1) is 12.1 Å². The number of hydrogen-bond acceptors (Lipinski definition) is 6. The molecule has 1 amide bonds. The molecule has 0 bridgehead atoms. The van der Waals surface area contributed by atoms with Crippen LogP contribution < -0.4 is 5.32 Å². The molecule has 5 rings (SSSR count). The van der Waals surface area contributed by atoms with E-state index in [1.54, 1.807) is 6.07 Å². The molecule has 5 aromatic rings. The van der Waals surface area contributed by atoms with Gasteiger partial charge in [0.2, 0.25) is 0 Å². The topological polar surface area (TPSA) is 114 Å². The molecule has 0 aliphatic heterocycles. The van der Waals surface area contributed by atoms with Crippen molar-refractivity contribution in [3.8, 4) is 11.5 Å². The summed E-state index contributed by atoms with van der Waals surface area (Å²) in [7, 11) is 0. The minimum absolute atomic E-state index is 0.172. The third kappa shape index (κ3) is 3.10. The van der Waals surface area contributed by atoms with Gasteiger partial charge in [-0.25, -0.2) is 0 Å². The third-order valence-electron chi connectivity index (χ3n) is 4.92. The number of pyridine rings is 1. The summed E-state index contributed by atoms with van der Waals surface area (Å²) in [4.78, 5) is 20.3. The number of aromatic nitrogens is 6. The van der Waals surface area contributed by atoms with Crippen LogP contribution in [0.15, 0.2) is 53.3 Å². The normalized spacial score (nSPS) is 11.4. The lowest BCUT2D eigenvalue weighted by Crippen LogP contribution is -2.24. The quantitative estimate of drug-likeness (QED) is 0.452. The molecule has 0 saturated heterocycles. The predicted octanol–water partition coefficient (Wildman–Crippen LogP) is 3.14. The minimum Gasteiger partial charge on any atom is -0.361 e. The van der Waals surface area contributed by atoms with E-state index in [0.717, 1.165) is 23.7 Å². The Morgan fingerprint density at radius 2 is 2.13 bits per heavy atom. The first-order valence-electron chi connectivity index (χ1n) is 9.74. The van der Waals surface area contributed by atoms with Crippen LogP contribution in [0.5, 0.6) is 0 Å². The van der Waals surface area contributed by atoms with E-state index in [9.17, 15) is 4.79 Å². The summed E-state index contributed by atoms with van der Waals surface area (Å²) in [5, 5.41) is 16.3. The maximum Gasteiger partial charge on any atom is 0.261 e. The SMILES string of the molecule is CCCc1noc(-c2cccn3c(CNC(=O)c4cccc5[nH]ccc45)nnc23)n1. The van der Waals surface area contributed by atoms with Gasteiger partial charge in [-0.1, -0.05) is 18.1 Å². The fraction of sp³-hybridized carbons (Fsp3) is 0.190. The molecule has 2 N–H and O–H groups in total. The van der Waals surface area contributed by atoms with Crippen LogP contribution in [-0.4, -0.2) is 35.6 Å².